The van der Waals surface area contributed by atoms with Crippen LogP contribution in [0.15, 0.2) is 29.3 Å². The van der Waals surface area contributed by atoms with Crippen molar-refractivity contribution in [2.24, 2.45) is 16.6 Å². The summed E-state index contributed by atoms with van der Waals surface area (Å²) in [6.07, 6.45) is 5.42. The smallest absolute Gasteiger partial charge is 0.189 e. The number of rotatable bonds is 7. The fourth-order valence-electron chi connectivity index (χ4n) is 3.92. The lowest BCUT2D eigenvalue weighted by molar-refractivity contribution is 0.114. The van der Waals surface area contributed by atoms with Crippen LogP contribution in [0.25, 0.3) is 0 Å². The molecule has 27 heavy (non-hydrogen) atoms. The first-order valence-electron chi connectivity index (χ1n) is 10.5. The lowest BCUT2D eigenvalue weighted by Gasteiger charge is -2.36. The molecule has 4 rings (SSSR count). The maximum absolute atomic E-state index is 5.97. The fraction of sp³-hybridized carbons (Fsp3) is 0.667. The van der Waals surface area contributed by atoms with Gasteiger partial charge in [0.15, 0.2) is 5.96 Å². The minimum atomic E-state index is 0.280. The largest absolute Gasteiger partial charge is 0.376 e. The zero-order valence-electron chi connectivity index (χ0n) is 16.3. The van der Waals surface area contributed by atoms with Gasteiger partial charge in [0.1, 0.15) is 0 Å². The number of hydrogen-bond acceptors (Lipinski definition) is 4. The average Bonchev–Trinajstić information content (AvgIpc) is 3.36. The van der Waals surface area contributed by atoms with E-state index in [1.165, 1.54) is 43.7 Å². The molecule has 2 heterocycles. The fourth-order valence-corrected chi connectivity index (χ4v) is 3.92. The molecule has 2 saturated heterocycles. The van der Waals surface area contributed by atoms with E-state index in [0.717, 1.165) is 45.0 Å². The molecule has 0 bridgehead atoms. The molecule has 1 aromatic rings. The van der Waals surface area contributed by atoms with Crippen LogP contribution in [-0.4, -0.2) is 62.8 Å². The van der Waals surface area contributed by atoms with Gasteiger partial charge in [0.05, 0.1) is 12.6 Å². The van der Waals surface area contributed by atoms with E-state index in [9.17, 15) is 0 Å². The van der Waals surface area contributed by atoms with Crippen molar-refractivity contribution < 1.29 is 4.74 Å². The molecule has 3 aliphatic rings. The highest BCUT2D eigenvalue weighted by molar-refractivity contribution is 5.77. The highest BCUT2D eigenvalue weighted by atomic mass is 16.5. The topological polar surface area (TPSA) is 66.1 Å². The maximum atomic E-state index is 5.97. The van der Waals surface area contributed by atoms with Crippen LogP contribution in [-0.2, 0) is 11.3 Å². The van der Waals surface area contributed by atoms with E-state index in [2.05, 4.69) is 44.4 Å². The summed E-state index contributed by atoms with van der Waals surface area (Å²) in [5.74, 6) is 1.49. The summed E-state index contributed by atoms with van der Waals surface area (Å²) >= 11 is 0. The number of anilines is 1. The van der Waals surface area contributed by atoms with E-state index in [1.54, 1.807) is 0 Å². The van der Waals surface area contributed by atoms with Gasteiger partial charge in [-0.05, 0) is 49.3 Å². The van der Waals surface area contributed by atoms with Gasteiger partial charge in [0.2, 0.25) is 0 Å². The first kappa shape index (κ1) is 18.6. The van der Waals surface area contributed by atoms with Gasteiger partial charge in [0, 0.05) is 51.6 Å². The number of nitrogens with one attached hydrogen (secondary N) is 1. The molecule has 6 heteroatoms. The molecule has 1 saturated carbocycles. The van der Waals surface area contributed by atoms with Crippen LogP contribution in [0.3, 0.4) is 0 Å². The van der Waals surface area contributed by atoms with E-state index in [-0.39, 0.29) is 6.10 Å². The van der Waals surface area contributed by atoms with Gasteiger partial charge < -0.3 is 20.7 Å². The van der Waals surface area contributed by atoms with E-state index in [0.29, 0.717) is 12.5 Å². The Kier molecular flexibility index (Phi) is 6.14. The number of nitrogens with zero attached hydrogens (tertiary/aromatic N) is 3. The highest BCUT2D eigenvalue weighted by Crippen LogP contribution is 2.30. The van der Waals surface area contributed by atoms with Crippen LogP contribution in [0.1, 0.15) is 31.2 Å². The Labute approximate surface area is 162 Å². The molecule has 1 atom stereocenters. The molecule has 2 aliphatic heterocycles. The predicted molar refractivity (Wildman–Crippen MR) is 110 cm³/mol. The molecular weight excluding hydrogens is 338 g/mol. The molecule has 0 spiro atoms. The summed E-state index contributed by atoms with van der Waals surface area (Å²) in [5, 5.41) is 3.17. The van der Waals surface area contributed by atoms with E-state index < -0.39 is 0 Å². The van der Waals surface area contributed by atoms with Crippen molar-refractivity contribution in [3.63, 3.8) is 0 Å². The van der Waals surface area contributed by atoms with Gasteiger partial charge >= 0.3 is 0 Å². The SMILES string of the molecule is NC(=NCc1ccc(N2CCN(CC3CC3)CC2)cc1)NCC1CCCO1. The zero-order valence-corrected chi connectivity index (χ0v) is 16.3. The molecule has 1 aromatic carbocycles. The number of aliphatic imine (C=N–C) groups is 1. The van der Waals surface area contributed by atoms with Crippen molar-refractivity contribution in [3.8, 4) is 0 Å². The number of benzene rings is 1. The molecule has 1 unspecified atom stereocenters. The van der Waals surface area contributed by atoms with Gasteiger partial charge in [0.25, 0.3) is 0 Å². The Morgan fingerprint density at radius 1 is 1.11 bits per heavy atom. The van der Waals surface area contributed by atoms with E-state index >= 15 is 0 Å². The van der Waals surface area contributed by atoms with Gasteiger partial charge in [-0.15, -0.1) is 0 Å². The minimum Gasteiger partial charge on any atom is -0.376 e. The van der Waals surface area contributed by atoms with Gasteiger partial charge in [-0.1, -0.05) is 12.1 Å². The van der Waals surface area contributed by atoms with Crippen LogP contribution in [0.4, 0.5) is 5.69 Å². The quantitative estimate of drug-likeness (QED) is 0.565. The van der Waals surface area contributed by atoms with E-state index in [1.807, 2.05) is 0 Å². The molecular formula is C21H33N5O. The van der Waals surface area contributed by atoms with Gasteiger partial charge in [-0.25, -0.2) is 4.99 Å². The third kappa shape index (κ3) is 5.59. The van der Waals surface area contributed by atoms with Crippen molar-refractivity contribution in [2.45, 2.75) is 38.3 Å². The Balaban J connectivity index is 1.20. The Morgan fingerprint density at radius 3 is 2.56 bits per heavy atom. The van der Waals surface area contributed by atoms with Crippen molar-refractivity contribution in [3.05, 3.63) is 29.8 Å². The molecule has 3 fully saturated rings. The lowest BCUT2D eigenvalue weighted by Crippen LogP contribution is -2.47. The van der Waals surface area contributed by atoms with Crippen LogP contribution in [0.5, 0.6) is 0 Å². The number of guanidine groups is 1. The van der Waals surface area contributed by atoms with Crippen molar-refractivity contribution >= 4 is 11.6 Å². The molecule has 148 valence electrons. The van der Waals surface area contributed by atoms with Crippen molar-refractivity contribution in [1.29, 1.82) is 0 Å². The Bertz CT molecular complexity index is 614. The molecule has 3 N–H and O–H groups in total. The number of hydrogen-bond donors (Lipinski definition) is 2. The summed E-state index contributed by atoms with van der Waals surface area (Å²) in [7, 11) is 0. The Morgan fingerprint density at radius 2 is 1.89 bits per heavy atom. The summed E-state index contributed by atoms with van der Waals surface area (Å²) in [6, 6.07) is 8.78. The third-order valence-corrected chi connectivity index (χ3v) is 5.85. The minimum absolute atomic E-state index is 0.280. The summed E-state index contributed by atoms with van der Waals surface area (Å²) in [5.41, 5.74) is 8.47. The molecule has 0 aromatic heterocycles. The predicted octanol–water partition coefficient (Wildman–Crippen LogP) is 1.80. The van der Waals surface area contributed by atoms with Crippen LogP contribution in [0, 0.1) is 5.92 Å². The second-order valence-electron chi connectivity index (χ2n) is 8.11. The standard InChI is InChI=1S/C21H33N5O/c22-21(24-15-20-2-1-13-27-20)23-14-17-5-7-19(8-6-17)26-11-9-25(10-12-26)16-18-3-4-18/h5-8,18,20H,1-4,9-16H2,(H3,22,23,24). The molecule has 0 amide bonds. The lowest BCUT2D eigenvalue weighted by atomic mass is 10.1. The second kappa shape index (κ2) is 8.93. The van der Waals surface area contributed by atoms with Crippen LogP contribution >= 0.6 is 0 Å². The normalized spacial score (nSPS) is 24.4. The highest BCUT2D eigenvalue weighted by Gasteiger charge is 2.26. The number of ether oxygens (including phenoxy) is 1. The van der Waals surface area contributed by atoms with Crippen LogP contribution < -0.4 is 16.0 Å². The molecule has 1 aliphatic carbocycles. The average molecular weight is 372 g/mol. The molecule has 6 nitrogen and oxygen atoms in total. The zero-order chi connectivity index (χ0) is 18.5. The summed E-state index contributed by atoms with van der Waals surface area (Å²) in [6.45, 7) is 8.18. The molecule has 0 radical (unpaired) electrons. The summed E-state index contributed by atoms with van der Waals surface area (Å²) in [4.78, 5) is 9.57. The first-order chi connectivity index (χ1) is 13.3. The number of piperazine rings is 1. The maximum Gasteiger partial charge on any atom is 0.189 e. The van der Waals surface area contributed by atoms with Gasteiger partial charge in [-0.2, -0.15) is 0 Å². The second-order valence-corrected chi connectivity index (χ2v) is 8.11. The Hall–Kier alpha value is -1.79. The first-order valence-corrected chi connectivity index (χ1v) is 10.5. The van der Waals surface area contributed by atoms with Crippen molar-refractivity contribution in [1.82, 2.24) is 10.2 Å². The van der Waals surface area contributed by atoms with Gasteiger partial charge in [-0.3, -0.25) is 4.90 Å². The van der Waals surface area contributed by atoms with Crippen LogP contribution in [0.2, 0.25) is 0 Å². The van der Waals surface area contributed by atoms with Crippen molar-refractivity contribution in [2.75, 3.05) is 50.8 Å². The number of nitrogens with two attached hydrogens (primary N) is 1. The summed E-state index contributed by atoms with van der Waals surface area (Å²) < 4.78 is 5.58. The van der Waals surface area contributed by atoms with E-state index in [4.69, 9.17) is 10.5 Å². The monoisotopic (exact) mass is 371 g/mol. The third-order valence-electron chi connectivity index (χ3n) is 5.85.